The van der Waals surface area contributed by atoms with Gasteiger partial charge in [0.2, 0.25) is 5.91 Å². The van der Waals surface area contributed by atoms with Gasteiger partial charge in [0.15, 0.2) is 5.96 Å². The third-order valence-electron chi connectivity index (χ3n) is 7.10. The van der Waals surface area contributed by atoms with Gasteiger partial charge >= 0.3 is 0 Å². The van der Waals surface area contributed by atoms with E-state index in [1.165, 1.54) is 45.2 Å². The molecule has 2 N–H and O–H groups in total. The quantitative estimate of drug-likeness (QED) is 0.297. The lowest BCUT2D eigenvalue weighted by Crippen LogP contribution is -2.51. The standard InChI is InChI=1S/C22H40N6O.HI/c1-2-23-22(25-19-8-11-27(12-9-19)20-6-7-20)24-10-13-26-14-16-28(17-15-26)21(29)18-4-3-5-18;/h18-20H,2-17H2,1H3,(H2,23,24,25);1H. The van der Waals surface area contributed by atoms with Crippen LogP contribution in [0.4, 0.5) is 0 Å². The van der Waals surface area contributed by atoms with E-state index >= 15 is 0 Å². The minimum Gasteiger partial charge on any atom is -0.357 e. The van der Waals surface area contributed by atoms with E-state index in [2.05, 4.69) is 32.3 Å². The molecule has 172 valence electrons. The molecule has 4 rings (SSSR count). The number of aliphatic imine (C=N–C) groups is 1. The Morgan fingerprint density at radius 3 is 2.23 bits per heavy atom. The molecule has 1 amide bonds. The van der Waals surface area contributed by atoms with E-state index in [1.54, 1.807) is 0 Å². The lowest BCUT2D eigenvalue weighted by molar-refractivity contribution is -0.139. The maximum absolute atomic E-state index is 12.4. The van der Waals surface area contributed by atoms with Crippen molar-refractivity contribution in [2.45, 2.75) is 64.0 Å². The van der Waals surface area contributed by atoms with Gasteiger partial charge in [0.05, 0.1) is 6.54 Å². The lowest BCUT2D eigenvalue weighted by Gasteiger charge is -2.38. The summed E-state index contributed by atoms with van der Waals surface area (Å²) in [7, 11) is 0. The van der Waals surface area contributed by atoms with Gasteiger partial charge in [-0.15, -0.1) is 24.0 Å². The number of hydrogen-bond acceptors (Lipinski definition) is 4. The molecular weight excluding hydrogens is 491 g/mol. The van der Waals surface area contributed by atoms with Gasteiger partial charge in [-0.3, -0.25) is 14.7 Å². The van der Waals surface area contributed by atoms with E-state index in [9.17, 15) is 4.79 Å². The van der Waals surface area contributed by atoms with Crippen LogP contribution in [-0.2, 0) is 4.79 Å². The highest BCUT2D eigenvalue weighted by Crippen LogP contribution is 2.29. The summed E-state index contributed by atoms with van der Waals surface area (Å²) >= 11 is 0. The smallest absolute Gasteiger partial charge is 0.225 e. The minimum absolute atomic E-state index is 0. The molecular formula is C22H41IN6O. The zero-order valence-electron chi connectivity index (χ0n) is 18.7. The number of halogens is 1. The van der Waals surface area contributed by atoms with Gasteiger partial charge in [0.1, 0.15) is 0 Å². The maximum Gasteiger partial charge on any atom is 0.225 e. The molecule has 0 aromatic heterocycles. The lowest BCUT2D eigenvalue weighted by atomic mass is 9.84. The second-order valence-electron chi connectivity index (χ2n) is 9.24. The molecule has 0 aromatic rings. The molecule has 0 atom stereocenters. The van der Waals surface area contributed by atoms with Gasteiger partial charge in [0.25, 0.3) is 0 Å². The number of hydrogen-bond donors (Lipinski definition) is 2. The molecule has 8 heteroatoms. The van der Waals surface area contributed by atoms with E-state index in [4.69, 9.17) is 4.99 Å². The number of piperazine rings is 1. The molecule has 2 aliphatic heterocycles. The summed E-state index contributed by atoms with van der Waals surface area (Å²) in [4.78, 5) is 24.4. The van der Waals surface area contributed by atoms with Crippen LogP contribution in [0, 0.1) is 5.92 Å². The van der Waals surface area contributed by atoms with Crippen molar-refractivity contribution >= 4 is 35.8 Å². The molecule has 30 heavy (non-hydrogen) atoms. The Labute approximate surface area is 199 Å². The first-order valence-corrected chi connectivity index (χ1v) is 12.0. The van der Waals surface area contributed by atoms with Crippen molar-refractivity contribution in [3.8, 4) is 0 Å². The van der Waals surface area contributed by atoms with Gasteiger partial charge < -0.3 is 20.4 Å². The maximum atomic E-state index is 12.4. The normalized spacial score (nSPS) is 24.8. The molecule has 2 heterocycles. The summed E-state index contributed by atoms with van der Waals surface area (Å²) in [5.74, 6) is 1.70. The van der Waals surface area contributed by atoms with Crippen LogP contribution < -0.4 is 10.6 Å². The van der Waals surface area contributed by atoms with Crippen LogP contribution in [0.2, 0.25) is 0 Å². The monoisotopic (exact) mass is 532 g/mol. The molecule has 0 spiro atoms. The van der Waals surface area contributed by atoms with Crippen molar-refractivity contribution in [2.24, 2.45) is 10.9 Å². The largest absolute Gasteiger partial charge is 0.357 e. The third kappa shape index (κ3) is 6.69. The Morgan fingerprint density at radius 2 is 1.67 bits per heavy atom. The molecule has 0 bridgehead atoms. The number of carbonyl (C=O) groups is 1. The average molecular weight is 533 g/mol. The third-order valence-corrected chi connectivity index (χ3v) is 7.10. The minimum atomic E-state index is 0. The molecule has 4 aliphatic rings. The second kappa shape index (κ2) is 11.9. The van der Waals surface area contributed by atoms with Crippen molar-refractivity contribution in [3.05, 3.63) is 0 Å². The summed E-state index contributed by atoms with van der Waals surface area (Å²) in [5, 5.41) is 7.08. The van der Waals surface area contributed by atoms with E-state index in [0.717, 1.165) is 70.7 Å². The average Bonchev–Trinajstić information content (AvgIpc) is 3.53. The van der Waals surface area contributed by atoms with E-state index < -0.39 is 0 Å². The van der Waals surface area contributed by atoms with Gasteiger partial charge in [-0.2, -0.15) is 0 Å². The highest BCUT2D eigenvalue weighted by atomic mass is 127. The SMILES string of the molecule is CCNC(=NCCN1CCN(C(=O)C2CCC2)CC1)NC1CCN(C2CC2)CC1.I. The topological polar surface area (TPSA) is 63.2 Å². The summed E-state index contributed by atoms with van der Waals surface area (Å²) in [6, 6.07) is 1.44. The van der Waals surface area contributed by atoms with E-state index in [0.29, 0.717) is 17.9 Å². The highest BCUT2D eigenvalue weighted by Gasteiger charge is 2.32. The number of nitrogens with zero attached hydrogens (tertiary/aromatic N) is 4. The van der Waals surface area contributed by atoms with Gasteiger partial charge in [-0.25, -0.2) is 0 Å². The fourth-order valence-corrected chi connectivity index (χ4v) is 4.77. The molecule has 4 fully saturated rings. The predicted molar refractivity (Wildman–Crippen MR) is 133 cm³/mol. The van der Waals surface area contributed by atoms with Crippen LogP contribution in [0.15, 0.2) is 4.99 Å². The fraction of sp³-hybridized carbons (Fsp3) is 0.909. The van der Waals surface area contributed by atoms with Crippen LogP contribution in [0.3, 0.4) is 0 Å². The van der Waals surface area contributed by atoms with Crippen molar-refractivity contribution in [1.29, 1.82) is 0 Å². The fourth-order valence-electron chi connectivity index (χ4n) is 4.77. The molecule has 2 saturated heterocycles. The Bertz CT molecular complexity index is 564. The van der Waals surface area contributed by atoms with Crippen LogP contribution in [0.5, 0.6) is 0 Å². The van der Waals surface area contributed by atoms with Gasteiger partial charge in [-0.05, 0) is 45.4 Å². The molecule has 2 aliphatic carbocycles. The number of piperidine rings is 1. The first-order valence-electron chi connectivity index (χ1n) is 12.0. The number of amides is 1. The predicted octanol–water partition coefficient (Wildman–Crippen LogP) is 1.73. The number of carbonyl (C=O) groups excluding carboxylic acids is 1. The summed E-state index contributed by atoms with van der Waals surface area (Å²) in [6.07, 6.45) is 8.70. The van der Waals surface area contributed by atoms with E-state index in [-0.39, 0.29) is 24.0 Å². The zero-order valence-corrected chi connectivity index (χ0v) is 21.0. The zero-order chi connectivity index (χ0) is 20.1. The summed E-state index contributed by atoms with van der Waals surface area (Å²) < 4.78 is 0. The highest BCUT2D eigenvalue weighted by molar-refractivity contribution is 14.0. The van der Waals surface area contributed by atoms with Crippen LogP contribution in [0.1, 0.15) is 51.9 Å². The Morgan fingerprint density at radius 1 is 0.967 bits per heavy atom. The van der Waals surface area contributed by atoms with E-state index in [1.807, 2.05) is 0 Å². The Balaban J connectivity index is 0.00000256. The van der Waals surface area contributed by atoms with Gasteiger partial charge in [0, 0.05) is 70.4 Å². The molecule has 2 saturated carbocycles. The van der Waals surface area contributed by atoms with Crippen LogP contribution in [0.25, 0.3) is 0 Å². The molecule has 0 radical (unpaired) electrons. The van der Waals surface area contributed by atoms with Crippen LogP contribution in [-0.4, -0.2) is 97.6 Å². The Kier molecular flexibility index (Phi) is 9.50. The summed E-state index contributed by atoms with van der Waals surface area (Å²) in [5.41, 5.74) is 0. The number of nitrogens with one attached hydrogen (secondary N) is 2. The first kappa shape index (κ1) is 24.0. The Hall–Kier alpha value is -0.610. The number of guanidine groups is 1. The summed E-state index contributed by atoms with van der Waals surface area (Å²) in [6.45, 7) is 11.0. The van der Waals surface area contributed by atoms with Crippen LogP contribution >= 0.6 is 24.0 Å². The van der Waals surface area contributed by atoms with Crippen molar-refractivity contribution < 1.29 is 4.79 Å². The number of likely N-dealkylation sites (tertiary alicyclic amines) is 1. The van der Waals surface area contributed by atoms with Crippen molar-refractivity contribution in [3.63, 3.8) is 0 Å². The molecule has 7 nitrogen and oxygen atoms in total. The molecule has 0 aromatic carbocycles. The number of rotatable bonds is 7. The second-order valence-corrected chi connectivity index (χ2v) is 9.24. The molecule has 0 unspecified atom stereocenters. The van der Waals surface area contributed by atoms with Gasteiger partial charge in [-0.1, -0.05) is 6.42 Å². The first-order chi connectivity index (χ1) is 14.2. The van der Waals surface area contributed by atoms with Crippen molar-refractivity contribution in [2.75, 3.05) is 58.9 Å². The van der Waals surface area contributed by atoms with Crippen molar-refractivity contribution in [1.82, 2.24) is 25.3 Å².